The smallest absolute Gasteiger partial charge is 0.404 e. The van der Waals surface area contributed by atoms with E-state index in [1.54, 1.807) is 0 Å². The Morgan fingerprint density at radius 1 is 1.03 bits per heavy atom. The Morgan fingerprint density at radius 2 is 1.55 bits per heavy atom. The molecular formula is C23H31NO4Si. The van der Waals surface area contributed by atoms with Crippen LogP contribution in [0.3, 0.4) is 0 Å². The summed E-state index contributed by atoms with van der Waals surface area (Å²) >= 11 is 0. The Bertz CT molecular complexity index is 767. The molecule has 0 spiro atoms. The first-order chi connectivity index (χ1) is 13.8. The molecule has 1 aliphatic carbocycles. The lowest BCUT2D eigenvalue weighted by molar-refractivity contribution is 0.143. The van der Waals surface area contributed by atoms with Crippen LogP contribution < -0.4 is 15.7 Å². The number of benzene rings is 2. The van der Waals surface area contributed by atoms with Gasteiger partial charge in [0.2, 0.25) is 0 Å². The Hall–Kier alpha value is -2.15. The summed E-state index contributed by atoms with van der Waals surface area (Å²) in [6, 6.07) is 20.3. The predicted molar refractivity (Wildman–Crippen MR) is 117 cm³/mol. The lowest BCUT2D eigenvalue weighted by Crippen LogP contribution is -2.68. The maximum absolute atomic E-state index is 11.4. The molecule has 156 valence electrons. The van der Waals surface area contributed by atoms with E-state index in [0.29, 0.717) is 12.8 Å². The van der Waals surface area contributed by atoms with Crippen LogP contribution in [0.1, 0.15) is 33.6 Å². The van der Waals surface area contributed by atoms with Crippen molar-refractivity contribution in [2.75, 3.05) is 6.61 Å². The van der Waals surface area contributed by atoms with Gasteiger partial charge in [-0.05, 0) is 34.2 Å². The van der Waals surface area contributed by atoms with Crippen molar-refractivity contribution >= 4 is 24.8 Å². The van der Waals surface area contributed by atoms with E-state index in [4.69, 9.17) is 4.43 Å². The summed E-state index contributed by atoms with van der Waals surface area (Å²) in [7, 11) is -2.76. The molecule has 0 saturated heterocycles. The molecule has 0 radical (unpaired) electrons. The quantitative estimate of drug-likeness (QED) is 0.636. The lowest BCUT2D eigenvalue weighted by atomic mass is 10.1. The fraction of sp³-hybridized carbons (Fsp3) is 0.435. The highest BCUT2D eigenvalue weighted by Gasteiger charge is 2.53. The maximum atomic E-state index is 11.4. The first-order valence-corrected chi connectivity index (χ1v) is 12.1. The van der Waals surface area contributed by atoms with E-state index < -0.39 is 14.4 Å². The van der Waals surface area contributed by atoms with E-state index in [0.717, 1.165) is 0 Å². The summed E-state index contributed by atoms with van der Waals surface area (Å²) in [6.07, 6.45) is -0.100. The molecule has 1 saturated carbocycles. The summed E-state index contributed by atoms with van der Waals surface area (Å²) in [4.78, 5) is 11.4. The minimum absolute atomic E-state index is 0.0371. The van der Waals surface area contributed by atoms with E-state index in [2.05, 4.69) is 50.4 Å². The van der Waals surface area contributed by atoms with E-state index in [9.17, 15) is 15.0 Å². The fourth-order valence-corrected chi connectivity index (χ4v) is 9.34. The van der Waals surface area contributed by atoms with Crippen molar-refractivity contribution in [3.63, 3.8) is 0 Å². The molecule has 5 nitrogen and oxygen atoms in total. The standard InChI is InChI=1S/C23H31NO4Si/c1-23(2,3)29(18-10-6-4-7-11-18,19-12-8-5-9-13-19)28-21-15-17(16-25)14-20(21)24-22(26)27/h4-13,17,20-21,24-25H,14-16H2,1-3H3,(H,26,27)/t17-,20-,21-/m1/s1. The fourth-order valence-electron chi connectivity index (χ4n) is 4.61. The predicted octanol–water partition coefficient (Wildman–Crippen LogP) is 2.97. The van der Waals surface area contributed by atoms with Crippen molar-refractivity contribution < 1.29 is 19.4 Å². The average molecular weight is 414 g/mol. The molecule has 2 aromatic rings. The van der Waals surface area contributed by atoms with E-state index >= 15 is 0 Å². The van der Waals surface area contributed by atoms with Crippen molar-refractivity contribution in [1.29, 1.82) is 0 Å². The van der Waals surface area contributed by atoms with Gasteiger partial charge in [0.1, 0.15) is 0 Å². The first-order valence-electron chi connectivity index (χ1n) is 10.2. The highest BCUT2D eigenvalue weighted by atomic mass is 28.4. The topological polar surface area (TPSA) is 78.8 Å². The van der Waals surface area contributed by atoms with Crippen LogP contribution in [0.5, 0.6) is 0 Å². The minimum Gasteiger partial charge on any atom is -0.465 e. The van der Waals surface area contributed by atoms with Crippen molar-refractivity contribution in [3.05, 3.63) is 60.7 Å². The molecule has 29 heavy (non-hydrogen) atoms. The molecule has 0 unspecified atom stereocenters. The number of amides is 1. The summed E-state index contributed by atoms with van der Waals surface area (Å²) in [6.45, 7) is 6.66. The lowest BCUT2D eigenvalue weighted by Gasteiger charge is -2.45. The van der Waals surface area contributed by atoms with Gasteiger partial charge in [0.25, 0.3) is 8.32 Å². The molecule has 3 atom stereocenters. The van der Waals surface area contributed by atoms with Gasteiger partial charge in [-0.3, -0.25) is 0 Å². The monoisotopic (exact) mass is 413 g/mol. The highest BCUT2D eigenvalue weighted by molar-refractivity contribution is 6.99. The molecular weight excluding hydrogens is 382 g/mol. The first kappa shape index (κ1) is 21.6. The third kappa shape index (κ3) is 4.39. The molecule has 0 bridgehead atoms. The van der Waals surface area contributed by atoms with Crippen LogP contribution >= 0.6 is 0 Å². The molecule has 6 heteroatoms. The van der Waals surface area contributed by atoms with E-state index in [1.807, 2.05) is 36.4 Å². The number of hydrogen-bond donors (Lipinski definition) is 3. The molecule has 3 rings (SSSR count). The summed E-state index contributed by atoms with van der Waals surface area (Å²) < 4.78 is 7.08. The van der Waals surface area contributed by atoms with E-state index in [-0.39, 0.29) is 29.7 Å². The Balaban J connectivity index is 2.11. The van der Waals surface area contributed by atoms with Crippen LogP contribution in [0.2, 0.25) is 5.04 Å². The van der Waals surface area contributed by atoms with Gasteiger partial charge in [-0.2, -0.15) is 0 Å². The highest BCUT2D eigenvalue weighted by Crippen LogP contribution is 2.40. The van der Waals surface area contributed by atoms with Gasteiger partial charge >= 0.3 is 6.09 Å². The number of hydrogen-bond acceptors (Lipinski definition) is 3. The number of rotatable bonds is 6. The third-order valence-electron chi connectivity index (χ3n) is 5.91. The second kappa shape index (κ2) is 8.69. The molecule has 2 aromatic carbocycles. The second-order valence-electron chi connectivity index (χ2n) is 8.90. The van der Waals surface area contributed by atoms with Crippen molar-refractivity contribution in [1.82, 2.24) is 5.32 Å². The molecule has 1 aliphatic rings. The van der Waals surface area contributed by atoms with Crippen LogP contribution in [0.25, 0.3) is 0 Å². The minimum atomic E-state index is -2.76. The van der Waals surface area contributed by atoms with Gasteiger partial charge in [-0.15, -0.1) is 0 Å². The number of aliphatic hydroxyl groups excluding tert-OH is 1. The van der Waals surface area contributed by atoms with Crippen LogP contribution in [0.4, 0.5) is 4.79 Å². The molecule has 0 aromatic heterocycles. The van der Waals surface area contributed by atoms with Gasteiger partial charge < -0.3 is 20.0 Å². The molecule has 3 N–H and O–H groups in total. The summed E-state index contributed by atoms with van der Waals surface area (Å²) in [5.74, 6) is 0.0371. The molecule has 1 fully saturated rings. The SMILES string of the molecule is CC(C)(C)[Si](O[C@@H]1C[C@H](CO)C[C@H]1NC(=O)O)(c1ccccc1)c1ccccc1. The molecule has 0 aliphatic heterocycles. The van der Waals surface area contributed by atoms with Gasteiger partial charge in [0.05, 0.1) is 12.1 Å². The number of carbonyl (C=O) groups is 1. The average Bonchev–Trinajstić information content (AvgIpc) is 3.07. The number of nitrogens with one attached hydrogen (secondary N) is 1. The molecule has 0 heterocycles. The van der Waals surface area contributed by atoms with Crippen molar-refractivity contribution in [2.45, 2.75) is 50.8 Å². The zero-order valence-corrected chi connectivity index (χ0v) is 18.3. The third-order valence-corrected chi connectivity index (χ3v) is 11.0. The summed E-state index contributed by atoms with van der Waals surface area (Å²) in [5, 5.41) is 23.8. The number of carboxylic acid groups (broad SMARTS) is 1. The van der Waals surface area contributed by atoms with Crippen LogP contribution in [-0.4, -0.2) is 43.4 Å². The second-order valence-corrected chi connectivity index (χ2v) is 13.1. The van der Waals surface area contributed by atoms with Gasteiger partial charge in [-0.1, -0.05) is 81.4 Å². The van der Waals surface area contributed by atoms with Crippen LogP contribution in [0, 0.1) is 5.92 Å². The maximum Gasteiger partial charge on any atom is 0.404 e. The van der Waals surface area contributed by atoms with Crippen LogP contribution in [-0.2, 0) is 4.43 Å². The van der Waals surface area contributed by atoms with Crippen molar-refractivity contribution in [3.8, 4) is 0 Å². The largest absolute Gasteiger partial charge is 0.465 e. The Morgan fingerprint density at radius 3 is 1.97 bits per heavy atom. The van der Waals surface area contributed by atoms with E-state index in [1.165, 1.54) is 10.4 Å². The van der Waals surface area contributed by atoms with Crippen LogP contribution in [0.15, 0.2) is 60.7 Å². The normalized spacial score (nSPS) is 22.4. The van der Waals surface area contributed by atoms with Crippen molar-refractivity contribution in [2.24, 2.45) is 5.92 Å². The molecule has 1 amide bonds. The Kier molecular flexibility index (Phi) is 6.46. The zero-order chi connectivity index (χ0) is 21.1. The van der Waals surface area contributed by atoms with Gasteiger partial charge in [0.15, 0.2) is 0 Å². The number of aliphatic hydroxyl groups is 1. The zero-order valence-electron chi connectivity index (χ0n) is 17.3. The van der Waals surface area contributed by atoms with Gasteiger partial charge in [-0.25, -0.2) is 4.79 Å². The van der Waals surface area contributed by atoms with Gasteiger partial charge in [0, 0.05) is 6.61 Å². The Labute approximate surface area is 173 Å². The summed E-state index contributed by atoms with van der Waals surface area (Å²) in [5.41, 5.74) is 0.